The molecule has 0 saturated carbocycles. The smallest absolute Gasteiger partial charge is 0.278 e. The molecule has 3 rings (SSSR count). The van der Waals surface area contributed by atoms with Gasteiger partial charge in [0.25, 0.3) is 0 Å². The Balaban J connectivity index is 2.11. The van der Waals surface area contributed by atoms with Crippen LogP contribution in [0.4, 0.5) is 18.9 Å². The molecule has 0 saturated heterocycles. The van der Waals surface area contributed by atoms with Gasteiger partial charge in [0.15, 0.2) is 0 Å². The molecule has 9 heteroatoms. The molecule has 0 aliphatic carbocycles. The van der Waals surface area contributed by atoms with Gasteiger partial charge in [-0.15, -0.1) is 0 Å². The minimum absolute atomic E-state index is 0.0438. The lowest BCUT2D eigenvalue weighted by Gasteiger charge is -2.13. The van der Waals surface area contributed by atoms with Gasteiger partial charge in [0, 0.05) is 16.8 Å². The Hall–Kier alpha value is -2.28. The first-order valence-electron chi connectivity index (χ1n) is 7.83. The number of benzene rings is 2. The van der Waals surface area contributed by atoms with E-state index in [1.807, 2.05) is 6.07 Å². The highest BCUT2D eigenvalue weighted by Gasteiger charge is 2.32. The van der Waals surface area contributed by atoms with Gasteiger partial charge in [-0.25, -0.2) is 0 Å². The lowest BCUT2D eigenvalue weighted by atomic mass is 10.1. The molecule has 0 unspecified atom stereocenters. The van der Waals surface area contributed by atoms with Crippen molar-refractivity contribution >= 4 is 46.2 Å². The summed E-state index contributed by atoms with van der Waals surface area (Å²) in [6, 6.07) is 14.4. The fourth-order valence-electron chi connectivity index (χ4n) is 2.32. The van der Waals surface area contributed by atoms with Gasteiger partial charge >= 0.3 is 6.18 Å². The average Bonchev–Trinajstić information content (AvgIpc) is 2.64. The molecular weight excluding hydrogens is 434 g/mol. The number of para-hydroxylation sites is 1. The predicted octanol–water partition coefficient (Wildman–Crippen LogP) is 6.93. The predicted molar refractivity (Wildman–Crippen MR) is 106 cm³/mol. The monoisotopic (exact) mass is 443 g/mol. The highest BCUT2D eigenvalue weighted by molar-refractivity contribution is 6.39. The van der Waals surface area contributed by atoms with Crippen molar-refractivity contribution in [1.29, 1.82) is 0 Å². The van der Waals surface area contributed by atoms with Crippen LogP contribution in [0.3, 0.4) is 0 Å². The Kier molecular flexibility index (Phi) is 6.13. The summed E-state index contributed by atoms with van der Waals surface area (Å²) in [5, 5.41) is 4.72. The molecule has 0 fully saturated rings. The van der Waals surface area contributed by atoms with Gasteiger partial charge in [0.05, 0.1) is 21.3 Å². The summed E-state index contributed by atoms with van der Waals surface area (Å²) in [5.41, 5.74) is 3.15. The van der Waals surface area contributed by atoms with Crippen molar-refractivity contribution in [3.05, 3.63) is 92.7 Å². The van der Waals surface area contributed by atoms with Crippen molar-refractivity contribution in [2.24, 2.45) is 5.10 Å². The molecule has 2 aromatic carbocycles. The highest BCUT2D eigenvalue weighted by atomic mass is 35.5. The normalized spacial score (nSPS) is 12.1. The van der Waals surface area contributed by atoms with Crippen LogP contribution >= 0.6 is 34.8 Å². The van der Waals surface area contributed by atoms with E-state index >= 15 is 0 Å². The summed E-state index contributed by atoms with van der Waals surface area (Å²) in [4.78, 5) is 3.88. The zero-order chi connectivity index (χ0) is 20.3. The van der Waals surface area contributed by atoms with E-state index in [0.717, 1.165) is 6.07 Å². The fourth-order valence-corrected chi connectivity index (χ4v) is 3.08. The largest absolute Gasteiger partial charge is 0.417 e. The number of nitrogens with zero attached hydrogens (tertiary/aromatic N) is 2. The molecule has 3 aromatic rings. The van der Waals surface area contributed by atoms with Crippen LogP contribution < -0.4 is 5.43 Å². The number of rotatable bonds is 4. The van der Waals surface area contributed by atoms with Crippen LogP contribution in [-0.4, -0.2) is 10.7 Å². The quantitative estimate of drug-likeness (QED) is 0.350. The van der Waals surface area contributed by atoms with E-state index in [0.29, 0.717) is 22.5 Å². The van der Waals surface area contributed by atoms with Crippen molar-refractivity contribution in [2.75, 3.05) is 5.43 Å². The lowest BCUT2D eigenvalue weighted by molar-refractivity contribution is -0.137. The van der Waals surface area contributed by atoms with Crippen molar-refractivity contribution in [1.82, 2.24) is 4.98 Å². The van der Waals surface area contributed by atoms with Gasteiger partial charge in [-0.05, 0) is 36.4 Å². The van der Waals surface area contributed by atoms with Crippen LogP contribution in [0.25, 0.3) is 0 Å². The van der Waals surface area contributed by atoms with Gasteiger partial charge < -0.3 is 0 Å². The first-order valence-corrected chi connectivity index (χ1v) is 8.96. The molecule has 144 valence electrons. The van der Waals surface area contributed by atoms with E-state index in [9.17, 15) is 13.2 Å². The highest BCUT2D eigenvalue weighted by Crippen LogP contribution is 2.32. The molecule has 1 aromatic heterocycles. The maximum atomic E-state index is 12.9. The van der Waals surface area contributed by atoms with Crippen LogP contribution in [0, 0.1) is 0 Å². The Bertz CT molecular complexity index is 1020. The summed E-state index contributed by atoms with van der Waals surface area (Å²) < 4.78 is 38.8. The number of hydrazone groups is 1. The molecule has 0 amide bonds. The first-order chi connectivity index (χ1) is 13.3. The van der Waals surface area contributed by atoms with Gasteiger partial charge in [-0.1, -0.05) is 53.0 Å². The van der Waals surface area contributed by atoms with E-state index in [1.165, 1.54) is 6.07 Å². The van der Waals surface area contributed by atoms with E-state index < -0.39 is 11.7 Å². The molecule has 0 atom stereocenters. The number of aromatic nitrogens is 1. The van der Waals surface area contributed by atoms with Crippen LogP contribution in [0.2, 0.25) is 15.1 Å². The van der Waals surface area contributed by atoms with Gasteiger partial charge in [-0.3, -0.25) is 10.4 Å². The zero-order valence-corrected chi connectivity index (χ0v) is 16.2. The van der Waals surface area contributed by atoms with Crippen molar-refractivity contribution in [3.63, 3.8) is 0 Å². The van der Waals surface area contributed by atoms with Gasteiger partial charge in [0.1, 0.15) is 11.4 Å². The molecular formula is C19H11Cl3F3N3. The van der Waals surface area contributed by atoms with Gasteiger partial charge in [0.2, 0.25) is 0 Å². The molecule has 0 radical (unpaired) electrons. The van der Waals surface area contributed by atoms with E-state index in [1.54, 1.807) is 36.4 Å². The number of nitrogens with one attached hydrogen (secondary N) is 1. The average molecular weight is 445 g/mol. The number of halogens is 6. The minimum atomic E-state index is -4.56. The van der Waals surface area contributed by atoms with Crippen LogP contribution in [0.5, 0.6) is 0 Å². The fraction of sp³-hybridized carbons (Fsp3) is 0.0526. The number of hydrogen-bond donors (Lipinski definition) is 1. The third-order valence-corrected chi connectivity index (χ3v) is 4.49. The van der Waals surface area contributed by atoms with E-state index in [4.69, 9.17) is 34.8 Å². The zero-order valence-electron chi connectivity index (χ0n) is 13.9. The molecule has 1 N–H and O–H groups in total. The van der Waals surface area contributed by atoms with Crippen molar-refractivity contribution in [2.45, 2.75) is 6.18 Å². The number of alkyl halides is 3. The first kappa shape index (κ1) is 20.5. The standard InChI is InChI=1S/C19H11Cl3F3N3/c20-12-6-7-14(15(21)9-12)17(28-27-13-4-2-1-3-5-13)18-16(22)8-11(10-26-18)19(23,24)25/h1-10,27H/b28-17+. The van der Waals surface area contributed by atoms with E-state index in [2.05, 4.69) is 15.5 Å². The molecule has 0 spiro atoms. The Morgan fingerprint density at radius 3 is 2.25 bits per heavy atom. The SMILES string of the molecule is FC(F)(F)c1cnc(/C(=N/Nc2ccccc2)c2ccc(Cl)cc2Cl)c(Cl)c1. The maximum Gasteiger partial charge on any atom is 0.417 e. The second kappa shape index (κ2) is 8.39. The molecule has 28 heavy (non-hydrogen) atoms. The topological polar surface area (TPSA) is 37.3 Å². The van der Waals surface area contributed by atoms with Crippen molar-refractivity contribution < 1.29 is 13.2 Å². The summed E-state index contributed by atoms with van der Waals surface area (Å²) in [5.74, 6) is 0. The number of pyridine rings is 1. The third kappa shape index (κ3) is 4.76. The van der Waals surface area contributed by atoms with Crippen molar-refractivity contribution in [3.8, 4) is 0 Å². The lowest BCUT2D eigenvalue weighted by Crippen LogP contribution is -2.13. The summed E-state index contributed by atoms with van der Waals surface area (Å²) in [6.45, 7) is 0. The summed E-state index contributed by atoms with van der Waals surface area (Å²) >= 11 is 18.3. The summed E-state index contributed by atoms with van der Waals surface area (Å²) in [6.07, 6.45) is -3.87. The second-order valence-electron chi connectivity index (χ2n) is 5.61. The summed E-state index contributed by atoms with van der Waals surface area (Å²) in [7, 11) is 0. The molecule has 0 bridgehead atoms. The number of hydrogen-bond acceptors (Lipinski definition) is 3. The molecule has 0 aliphatic rings. The number of anilines is 1. The van der Waals surface area contributed by atoms with Crippen LogP contribution in [-0.2, 0) is 6.18 Å². The Morgan fingerprint density at radius 1 is 0.929 bits per heavy atom. The maximum absolute atomic E-state index is 12.9. The Morgan fingerprint density at radius 2 is 1.64 bits per heavy atom. The third-order valence-electron chi connectivity index (χ3n) is 3.65. The van der Waals surface area contributed by atoms with Crippen LogP contribution in [0.15, 0.2) is 65.9 Å². The molecule has 3 nitrogen and oxygen atoms in total. The molecule has 0 aliphatic heterocycles. The van der Waals surface area contributed by atoms with Crippen LogP contribution in [0.1, 0.15) is 16.8 Å². The second-order valence-corrected chi connectivity index (χ2v) is 6.87. The minimum Gasteiger partial charge on any atom is -0.278 e. The molecule has 1 heterocycles. The van der Waals surface area contributed by atoms with E-state index in [-0.39, 0.29) is 21.5 Å². The Labute approximate surface area is 173 Å². The van der Waals surface area contributed by atoms with Gasteiger partial charge in [-0.2, -0.15) is 18.3 Å².